The van der Waals surface area contributed by atoms with Crippen LogP contribution in [0.4, 0.5) is 0 Å². The first kappa shape index (κ1) is 35.8. The second-order valence-corrected chi connectivity index (χ2v) is 10.8. The third-order valence-corrected chi connectivity index (χ3v) is 7.76. The Morgan fingerprint density at radius 1 is 0.783 bits per heavy atom. The van der Waals surface area contributed by atoms with Crippen molar-refractivity contribution in [3.63, 3.8) is 0 Å². The number of ether oxygens (including phenoxy) is 4. The van der Waals surface area contributed by atoms with Crippen LogP contribution in [-0.2, 0) is 62.2 Å². The van der Waals surface area contributed by atoms with E-state index in [9.17, 15) is 28.8 Å². The molecule has 1 unspecified atom stereocenters. The molecule has 3 rings (SSSR count). The van der Waals surface area contributed by atoms with Crippen molar-refractivity contribution in [2.45, 2.75) is 60.4 Å². The van der Waals surface area contributed by atoms with E-state index in [2.05, 4.69) is 0 Å². The largest absolute Gasteiger partial charge is 0.519 e. The Bertz CT molecular complexity index is 1620. The lowest BCUT2D eigenvalue weighted by atomic mass is 10.1. The van der Waals surface area contributed by atoms with Gasteiger partial charge in [-0.2, -0.15) is 0 Å². The molecule has 0 saturated carbocycles. The molecule has 0 aliphatic rings. The zero-order chi connectivity index (χ0) is 33.8. The molecule has 0 bridgehead atoms. The van der Waals surface area contributed by atoms with Crippen molar-refractivity contribution in [3.8, 4) is 0 Å². The normalized spacial score (nSPS) is 12.5. The molecule has 0 spiro atoms. The number of hydrogen-bond acceptors (Lipinski definition) is 18. The standard InChI is InChI=1S/C27H31O18P/c1-14(34-5)19(37-13-28)8-35-23(29)7-6-18(24(30)36-9-20-15(2)40-25(31)43-20)12-46(38-10-21-16(3)41-26(32)44-21)39-11-22-17(4)42-27(33)45-22/h13,18H,6-12H2,1-5H3/b19-14-. The highest BCUT2D eigenvalue weighted by Gasteiger charge is 2.29. The van der Waals surface area contributed by atoms with Crippen molar-refractivity contribution in [2.24, 2.45) is 5.92 Å². The molecule has 0 radical (unpaired) electrons. The molecule has 1 atom stereocenters. The minimum absolute atomic E-state index is 0.0230. The highest BCUT2D eigenvalue weighted by Crippen LogP contribution is 2.44. The zero-order valence-corrected chi connectivity index (χ0v) is 26.3. The lowest BCUT2D eigenvalue weighted by molar-refractivity contribution is -0.151. The van der Waals surface area contributed by atoms with E-state index >= 15 is 0 Å². The van der Waals surface area contributed by atoms with Gasteiger partial charge in [-0.15, -0.1) is 0 Å². The molecule has 0 fully saturated rings. The number of esters is 2. The van der Waals surface area contributed by atoms with Gasteiger partial charge < -0.3 is 54.5 Å². The van der Waals surface area contributed by atoms with Gasteiger partial charge in [0.05, 0.1) is 13.0 Å². The molecule has 0 aromatic carbocycles. The van der Waals surface area contributed by atoms with E-state index in [1.807, 2.05) is 0 Å². The van der Waals surface area contributed by atoms with Crippen molar-refractivity contribution >= 4 is 26.8 Å². The Labute approximate surface area is 260 Å². The first-order valence-corrected chi connectivity index (χ1v) is 14.7. The number of carbonyl (C=O) groups is 3. The van der Waals surface area contributed by atoms with Crippen LogP contribution >= 0.6 is 8.38 Å². The number of methoxy groups -OCH3 is 1. The molecule has 0 amide bonds. The molecule has 0 aliphatic heterocycles. The molecule has 0 N–H and O–H groups in total. The number of aryl methyl sites for hydroxylation is 3. The summed E-state index contributed by atoms with van der Waals surface area (Å²) < 4.78 is 61.2. The van der Waals surface area contributed by atoms with Crippen molar-refractivity contribution < 1.29 is 68.9 Å². The van der Waals surface area contributed by atoms with E-state index in [0.29, 0.717) is 0 Å². The van der Waals surface area contributed by atoms with E-state index in [1.165, 1.54) is 34.8 Å². The van der Waals surface area contributed by atoms with E-state index in [0.717, 1.165) is 0 Å². The monoisotopic (exact) mass is 674 g/mol. The van der Waals surface area contributed by atoms with Crippen LogP contribution < -0.4 is 17.5 Å². The molecule has 46 heavy (non-hydrogen) atoms. The summed E-state index contributed by atoms with van der Waals surface area (Å²) in [4.78, 5) is 71.0. The zero-order valence-electron chi connectivity index (χ0n) is 25.4. The van der Waals surface area contributed by atoms with Crippen LogP contribution in [0.1, 0.15) is 54.3 Å². The van der Waals surface area contributed by atoms with E-state index in [1.54, 1.807) is 0 Å². The summed E-state index contributed by atoms with van der Waals surface area (Å²) in [7, 11) is -0.717. The Morgan fingerprint density at radius 2 is 1.28 bits per heavy atom. The van der Waals surface area contributed by atoms with Gasteiger partial charge in [-0.25, -0.2) is 14.4 Å². The maximum Gasteiger partial charge on any atom is 0.519 e. The van der Waals surface area contributed by atoms with Crippen LogP contribution in [0.2, 0.25) is 0 Å². The summed E-state index contributed by atoms with van der Waals surface area (Å²) in [5.41, 5.74) is 0. The lowest BCUT2D eigenvalue weighted by Crippen LogP contribution is -2.23. The van der Waals surface area contributed by atoms with Crippen molar-refractivity contribution in [1.82, 2.24) is 0 Å². The molecule has 19 heteroatoms. The molecular formula is C27H31O18P. The van der Waals surface area contributed by atoms with Crippen molar-refractivity contribution in [1.29, 1.82) is 0 Å². The highest BCUT2D eigenvalue weighted by molar-refractivity contribution is 7.47. The summed E-state index contributed by atoms with van der Waals surface area (Å²) in [6, 6.07) is 0. The summed E-state index contributed by atoms with van der Waals surface area (Å²) in [6.07, 6.45) is -0.636. The summed E-state index contributed by atoms with van der Waals surface area (Å²) in [5.74, 6) is -4.85. The number of allylic oxidation sites excluding steroid dienone is 1. The predicted molar refractivity (Wildman–Crippen MR) is 148 cm³/mol. The molecule has 0 aliphatic carbocycles. The first-order chi connectivity index (χ1) is 21.9. The fourth-order valence-corrected chi connectivity index (χ4v) is 5.04. The van der Waals surface area contributed by atoms with E-state index < -0.39 is 56.9 Å². The SMILES string of the molecule is CO/C(C)=C(/COC(=O)CCC(CP(OCc1oc(=O)oc1C)OCc1oc(=O)oc1C)C(=O)OCc1oc(=O)oc1C)OC=O. The van der Waals surface area contributed by atoms with E-state index in [4.69, 9.17) is 54.5 Å². The Hall–Kier alpha value is -4.67. The lowest BCUT2D eigenvalue weighted by Gasteiger charge is -2.22. The Morgan fingerprint density at radius 3 is 1.72 bits per heavy atom. The van der Waals surface area contributed by atoms with Crippen LogP contribution in [-0.4, -0.2) is 38.3 Å². The van der Waals surface area contributed by atoms with Crippen LogP contribution in [0.25, 0.3) is 0 Å². The highest BCUT2D eigenvalue weighted by atomic mass is 31.2. The van der Waals surface area contributed by atoms with Gasteiger partial charge >= 0.3 is 29.4 Å². The third kappa shape index (κ3) is 10.7. The van der Waals surface area contributed by atoms with E-state index in [-0.39, 0.29) is 84.8 Å². The average molecular weight is 675 g/mol. The number of hydrogen-bond donors (Lipinski definition) is 0. The summed E-state index contributed by atoms with van der Waals surface area (Å²) in [5, 5.41) is 0. The smallest absolute Gasteiger partial charge is 0.498 e. The third-order valence-electron chi connectivity index (χ3n) is 6.18. The molecule has 0 saturated heterocycles. The fraction of sp³-hybridized carbons (Fsp3) is 0.481. The second-order valence-electron chi connectivity index (χ2n) is 9.26. The molecule has 3 aromatic heterocycles. The van der Waals surface area contributed by atoms with Crippen molar-refractivity contribution in [3.05, 3.63) is 77.9 Å². The molecule has 3 aromatic rings. The summed E-state index contributed by atoms with van der Waals surface area (Å²) in [6.45, 7) is 4.57. The van der Waals surface area contributed by atoms with Gasteiger partial charge in [0.25, 0.3) is 6.47 Å². The molecule has 3 heterocycles. The van der Waals surface area contributed by atoms with Gasteiger partial charge in [0.1, 0.15) is 30.5 Å². The summed E-state index contributed by atoms with van der Waals surface area (Å²) >= 11 is 0. The quantitative estimate of drug-likeness (QED) is 0.0583. The molecule has 18 nitrogen and oxygen atoms in total. The van der Waals surface area contributed by atoms with Crippen LogP contribution in [0.5, 0.6) is 0 Å². The van der Waals surface area contributed by atoms with Gasteiger partial charge in [0.15, 0.2) is 50.4 Å². The average Bonchev–Trinajstić information content (AvgIpc) is 3.64. The number of rotatable bonds is 19. The van der Waals surface area contributed by atoms with Gasteiger partial charge in [-0.1, -0.05) is 0 Å². The molecule has 252 valence electrons. The Balaban J connectivity index is 1.77. The van der Waals surface area contributed by atoms with Crippen molar-refractivity contribution in [2.75, 3.05) is 19.9 Å². The minimum Gasteiger partial charge on any atom is -0.498 e. The number of carbonyl (C=O) groups excluding carboxylic acids is 3. The van der Waals surface area contributed by atoms with Gasteiger partial charge in [0.2, 0.25) is 0 Å². The maximum atomic E-state index is 13.3. The Kier molecular flexibility index (Phi) is 13.3. The predicted octanol–water partition coefficient (Wildman–Crippen LogP) is 3.03. The van der Waals surface area contributed by atoms with Gasteiger partial charge in [0, 0.05) is 12.6 Å². The van der Waals surface area contributed by atoms with Crippen LogP contribution in [0.3, 0.4) is 0 Å². The minimum atomic E-state index is -2.05. The maximum absolute atomic E-state index is 13.3. The van der Waals surface area contributed by atoms with Gasteiger partial charge in [-0.3, -0.25) is 14.4 Å². The fourth-order valence-electron chi connectivity index (χ4n) is 3.54. The van der Waals surface area contributed by atoms with Crippen LogP contribution in [0.15, 0.2) is 52.4 Å². The van der Waals surface area contributed by atoms with Crippen LogP contribution in [0, 0.1) is 26.7 Å². The topological polar surface area (TPSA) is 237 Å². The first-order valence-electron chi connectivity index (χ1n) is 13.4. The molecular weight excluding hydrogens is 643 g/mol. The van der Waals surface area contributed by atoms with Gasteiger partial charge in [-0.05, 0) is 34.1 Å². The second kappa shape index (κ2) is 17.1.